The lowest BCUT2D eigenvalue weighted by Crippen LogP contribution is -2.33. The number of pyridine rings is 1. The van der Waals surface area contributed by atoms with Crippen molar-refractivity contribution >= 4 is 23.5 Å². The maximum Gasteiger partial charge on any atom is 0.320 e. The Morgan fingerprint density at radius 1 is 1.06 bits per heavy atom. The van der Waals surface area contributed by atoms with Gasteiger partial charge in [0, 0.05) is 17.6 Å². The summed E-state index contributed by atoms with van der Waals surface area (Å²) >= 11 is 1.65. The Morgan fingerprint density at radius 2 is 1.90 bits per heavy atom. The van der Waals surface area contributed by atoms with Gasteiger partial charge in [-0.3, -0.25) is 5.10 Å². The molecule has 31 heavy (non-hydrogen) atoms. The highest BCUT2D eigenvalue weighted by Gasteiger charge is 2.21. The van der Waals surface area contributed by atoms with Crippen LogP contribution in [0.25, 0.3) is 0 Å². The summed E-state index contributed by atoms with van der Waals surface area (Å²) in [6.45, 7) is 1.83. The lowest BCUT2D eigenvalue weighted by atomic mass is 10.1. The summed E-state index contributed by atoms with van der Waals surface area (Å²) in [5.41, 5.74) is 2.71. The lowest BCUT2D eigenvalue weighted by molar-refractivity contribution is 0.249. The van der Waals surface area contributed by atoms with E-state index in [-0.39, 0.29) is 6.03 Å². The minimum absolute atomic E-state index is 0.328. The first-order valence-corrected chi connectivity index (χ1v) is 10.8. The fourth-order valence-corrected chi connectivity index (χ4v) is 3.86. The average molecular weight is 431 g/mol. The van der Waals surface area contributed by atoms with Crippen molar-refractivity contribution in [2.24, 2.45) is 0 Å². The quantitative estimate of drug-likeness (QED) is 0.369. The number of rotatable bonds is 7. The van der Waals surface area contributed by atoms with E-state index in [1.807, 2.05) is 79.7 Å². The summed E-state index contributed by atoms with van der Waals surface area (Å²) in [6.07, 6.45) is 1.78. The molecule has 2 aromatic carbocycles. The van der Waals surface area contributed by atoms with Crippen LogP contribution in [0.3, 0.4) is 0 Å². The van der Waals surface area contributed by atoms with Gasteiger partial charge in [0.1, 0.15) is 11.9 Å². The Bertz CT molecular complexity index is 1130. The highest BCUT2D eigenvalue weighted by Crippen LogP contribution is 2.23. The zero-order valence-electron chi connectivity index (χ0n) is 16.9. The molecule has 2 amide bonds. The number of H-pyrrole nitrogens is 1. The number of carbonyl (C=O) groups is 1. The number of aromatic amines is 1. The van der Waals surface area contributed by atoms with Crippen LogP contribution < -0.4 is 10.6 Å². The number of nitrogens with zero attached hydrogens (tertiary/aromatic N) is 3. The van der Waals surface area contributed by atoms with Gasteiger partial charge < -0.3 is 10.6 Å². The monoisotopic (exact) mass is 430 g/mol. The molecule has 0 fully saturated rings. The molecule has 4 rings (SSSR count). The van der Waals surface area contributed by atoms with E-state index in [9.17, 15) is 4.79 Å². The number of hydrogen-bond donors (Lipinski definition) is 3. The molecule has 3 N–H and O–H groups in total. The minimum Gasteiger partial charge on any atom is -0.324 e. The normalized spacial score (nSPS) is 11.6. The first-order valence-electron chi connectivity index (χ1n) is 9.81. The zero-order valence-corrected chi connectivity index (χ0v) is 17.8. The molecule has 0 aliphatic heterocycles. The van der Waals surface area contributed by atoms with E-state index >= 15 is 0 Å². The Balaban J connectivity index is 1.43. The van der Waals surface area contributed by atoms with Crippen molar-refractivity contribution in [3.05, 3.63) is 102 Å². The number of hydrogen-bond acceptors (Lipinski definition) is 5. The summed E-state index contributed by atoms with van der Waals surface area (Å²) in [5.74, 6) is 1.97. The van der Waals surface area contributed by atoms with E-state index < -0.39 is 6.04 Å². The Kier molecular flexibility index (Phi) is 6.59. The predicted octanol–water partition coefficient (Wildman–Crippen LogP) is 4.71. The van der Waals surface area contributed by atoms with Gasteiger partial charge in [0.2, 0.25) is 0 Å². The van der Waals surface area contributed by atoms with Crippen molar-refractivity contribution in [3.8, 4) is 0 Å². The number of nitrogens with one attached hydrogen (secondary N) is 3. The maximum absolute atomic E-state index is 12.8. The van der Waals surface area contributed by atoms with E-state index in [0.717, 1.165) is 27.6 Å². The molecule has 1 atom stereocenters. The average Bonchev–Trinajstić information content (AvgIpc) is 3.23. The molecule has 0 aliphatic rings. The largest absolute Gasteiger partial charge is 0.324 e. The molecule has 0 spiro atoms. The van der Waals surface area contributed by atoms with Gasteiger partial charge in [0.05, 0.1) is 5.03 Å². The van der Waals surface area contributed by atoms with Gasteiger partial charge in [0.15, 0.2) is 5.82 Å². The van der Waals surface area contributed by atoms with Crippen LogP contribution in [0.5, 0.6) is 0 Å². The van der Waals surface area contributed by atoms with Crippen LogP contribution in [0.15, 0.2) is 84.0 Å². The molecule has 1 unspecified atom stereocenters. The minimum atomic E-state index is -0.464. The second kappa shape index (κ2) is 9.90. The van der Waals surface area contributed by atoms with Crippen LogP contribution in [-0.2, 0) is 5.75 Å². The fraction of sp³-hybridized carbons (Fsp3) is 0.130. The zero-order chi connectivity index (χ0) is 21.5. The molecule has 2 heterocycles. The molecule has 156 valence electrons. The van der Waals surface area contributed by atoms with Crippen LogP contribution in [0, 0.1) is 6.92 Å². The number of amides is 2. The summed E-state index contributed by atoms with van der Waals surface area (Å²) in [4.78, 5) is 21.5. The van der Waals surface area contributed by atoms with Crippen molar-refractivity contribution in [2.75, 3.05) is 5.32 Å². The van der Waals surface area contributed by atoms with E-state index in [2.05, 4.69) is 30.8 Å². The SMILES string of the molecule is Cc1nc(C(NC(=O)Nc2cccc(CSc3ccccn3)c2)c2ccccc2)n[nH]1. The molecule has 0 aliphatic carbocycles. The highest BCUT2D eigenvalue weighted by molar-refractivity contribution is 7.98. The van der Waals surface area contributed by atoms with E-state index in [1.54, 1.807) is 18.0 Å². The Morgan fingerprint density at radius 3 is 2.65 bits per heavy atom. The molecule has 0 radical (unpaired) electrons. The topological polar surface area (TPSA) is 95.6 Å². The van der Waals surface area contributed by atoms with Gasteiger partial charge in [-0.05, 0) is 42.3 Å². The summed E-state index contributed by atoms with van der Waals surface area (Å²) in [5, 5.41) is 13.9. The number of benzene rings is 2. The standard InChI is InChI=1S/C23H22N6OS/c1-16-25-22(29-28-16)21(18-9-3-2-4-10-18)27-23(30)26-19-11-7-8-17(14-19)15-31-20-12-5-6-13-24-20/h2-14,21H,15H2,1H3,(H,25,28,29)(H2,26,27,30). The summed E-state index contributed by atoms with van der Waals surface area (Å²) in [7, 11) is 0. The molecule has 7 nitrogen and oxygen atoms in total. The molecule has 4 aromatic rings. The van der Waals surface area contributed by atoms with Crippen LogP contribution >= 0.6 is 11.8 Å². The van der Waals surface area contributed by atoms with Crippen LogP contribution in [0.2, 0.25) is 0 Å². The third kappa shape index (κ3) is 5.70. The molecule has 0 bridgehead atoms. The van der Waals surface area contributed by atoms with Crippen molar-refractivity contribution in [3.63, 3.8) is 0 Å². The number of aryl methyl sites for hydroxylation is 1. The first-order chi connectivity index (χ1) is 15.2. The van der Waals surface area contributed by atoms with Crippen LogP contribution in [0.4, 0.5) is 10.5 Å². The van der Waals surface area contributed by atoms with E-state index in [4.69, 9.17) is 0 Å². The van der Waals surface area contributed by atoms with Gasteiger partial charge in [0.25, 0.3) is 0 Å². The molecule has 8 heteroatoms. The molecule has 0 saturated carbocycles. The summed E-state index contributed by atoms with van der Waals surface area (Å²) < 4.78 is 0. The van der Waals surface area contributed by atoms with Crippen molar-refractivity contribution in [1.29, 1.82) is 0 Å². The van der Waals surface area contributed by atoms with Crippen molar-refractivity contribution in [1.82, 2.24) is 25.5 Å². The maximum atomic E-state index is 12.8. The molecular formula is C23H22N6OS. The number of aromatic nitrogens is 4. The summed E-state index contributed by atoms with van der Waals surface area (Å²) in [6, 6.07) is 22.5. The van der Waals surface area contributed by atoms with Gasteiger partial charge >= 0.3 is 6.03 Å². The predicted molar refractivity (Wildman–Crippen MR) is 122 cm³/mol. The van der Waals surface area contributed by atoms with Gasteiger partial charge in [-0.1, -0.05) is 48.5 Å². The Labute approximate surface area is 184 Å². The third-order valence-electron chi connectivity index (χ3n) is 4.49. The molecule has 0 saturated heterocycles. The van der Waals surface area contributed by atoms with Gasteiger partial charge in [-0.25, -0.2) is 14.8 Å². The smallest absolute Gasteiger partial charge is 0.320 e. The van der Waals surface area contributed by atoms with Gasteiger partial charge in [-0.2, -0.15) is 5.10 Å². The third-order valence-corrected chi connectivity index (χ3v) is 5.51. The van der Waals surface area contributed by atoms with Gasteiger partial charge in [-0.15, -0.1) is 11.8 Å². The second-order valence-electron chi connectivity index (χ2n) is 6.88. The van der Waals surface area contributed by atoms with Crippen LogP contribution in [-0.4, -0.2) is 26.2 Å². The van der Waals surface area contributed by atoms with Crippen molar-refractivity contribution < 1.29 is 4.79 Å². The second-order valence-corrected chi connectivity index (χ2v) is 7.87. The Hall–Kier alpha value is -3.65. The number of thioether (sulfide) groups is 1. The molecule has 2 aromatic heterocycles. The lowest BCUT2D eigenvalue weighted by Gasteiger charge is -2.17. The number of urea groups is 1. The van der Waals surface area contributed by atoms with Crippen LogP contribution in [0.1, 0.15) is 28.8 Å². The number of anilines is 1. The van der Waals surface area contributed by atoms with E-state index in [1.165, 1.54) is 0 Å². The van der Waals surface area contributed by atoms with E-state index in [0.29, 0.717) is 11.6 Å². The first kappa shape index (κ1) is 20.6. The van der Waals surface area contributed by atoms with Crippen molar-refractivity contribution in [2.45, 2.75) is 23.7 Å². The highest BCUT2D eigenvalue weighted by atomic mass is 32.2. The fourth-order valence-electron chi connectivity index (χ4n) is 3.06. The number of carbonyl (C=O) groups excluding carboxylic acids is 1. The molecular weight excluding hydrogens is 408 g/mol.